The molecule has 2 aromatic rings. The lowest BCUT2D eigenvalue weighted by molar-refractivity contribution is -0.383. The molecule has 0 aliphatic heterocycles. The molecule has 92 valence electrons. The van der Waals surface area contributed by atoms with E-state index in [-0.39, 0.29) is 15.9 Å². The van der Waals surface area contributed by atoms with Crippen molar-refractivity contribution in [3.05, 3.63) is 39.0 Å². The van der Waals surface area contributed by atoms with Gasteiger partial charge in [-0.1, -0.05) is 11.6 Å². The van der Waals surface area contributed by atoms with Crippen LogP contribution >= 0.6 is 11.6 Å². The Hall–Kier alpha value is -2.41. The summed E-state index contributed by atoms with van der Waals surface area (Å²) in [4.78, 5) is 24.5. The molecule has 0 atom stereocenters. The van der Waals surface area contributed by atoms with Crippen LogP contribution in [-0.2, 0) is 0 Å². The fourth-order valence-electron chi connectivity index (χ4n) is 1.51. The number of carboxylic acid groups (broad SMARTS) is 1. The van der Waals surface area contributed by atoms with Crippen LogP contribution < -0.4 is 0 Å². The standard InChI is InChI=1S/C10H5ClN2O5/c11-4-1-5-8(14)3-6(10(15)16)12-9(5)7(2-4)13(17)18/h1-3H,(H,12,14)(H,15,16). The Balaban J connectivity index is 2.92. The molecule has 0 saturated heterocycles. The second kappa shape index (κ2) is 4.11. The molecule has 1 aromatic heterocycles. The largest absolute Gasteiger partial charge is 0.507 e. The smallest absolute Gasteiger partial charge is 0.354 e. The first-order chi connectivity index (χ1) is 8.40. The van der Waals surface area contributed by atoms with E-state index in [4.69, 9.17) is 16.7 Å². The number of carbonyl (C=O) groups is 1. The van der Waals surface area contributed by atoms with Crippen molar-refractivity contribution in [1.82, 2.24) is 4.98 Å². The average Bonchev–Trinajstić information content (AvgIpc) is 2.28. The summed E-state index contributed by atoms with van der Waals surface area (Å²) in [5.41, 5.74) is -1.16. The van der Waals surface area contributed by atoms with E-state index in [2.05, 4.69) is 4.98 Å². The number of nitro groups is 1. The number of pyridine rings is 1. The molecule has 0 saturated carbocycles. The maximum Gasteiger partial charge on any atom is 0.354 e. The summed E-state index contributed by atoms with van der Waals surface area (Å²) in [5, 5.41) is 29.3. The molecule has 1 heterocycles. The van der Waals surface area contributed by atoms with E-state index < -0.39 is 28.0 Å². The molecular formula is C10H5ClN2O5. The minimum Gasteiger partial charge on any atom is -0.507 e. The Labute approximate surface area is 104 Å². The quantitative estimate of drug-likeness (QED) is 0.637. The van der Waals surface area contributed by atoms with Gasteiger partial charge in [0.15, 0.2) is 11.2 Å². The Bertz CT molecular complexity index is 686. The number of carboxylic acids is 1. The van der Waals surface area contributed by atoms with Crippen LogP contribution in [0.25, 0.3) is 10.9 Å². The predicted octanol–water partition coefficient (Wildman–Crippen LogP) is 2.20. The lowest BCUT2D eigenvalue weighted by Gasteiger charge is -2.04. The maximum atomic E-state index is 10.8. The summed E-state index contributed by atoms with van der Waals surface area (Å²) >= 11 is 5.68. The van der Waals surface area contributed by atoms with Crippen molar-refractivity contribution in [1.29, 1.82) is 0 Å². The highest BCUT2D eigenvalue weighted by atomic mass is 35.5. The van der Waals surface area contributed by atoms with Crippen LogP contribution in [0.3, 0.4) is 0 Å². The fourth-order valence-corrected chi connectivity index (χ4v) is 1.72. The Morgan fingerprint density at radius 2 is 2.06 bits per heavy atom. The first-order valence-corrected chi connectivity index (χ1v) is 4.99. The SMILES string of the molecule is O=C(O)c1cc(O)c2cc(Cl)cc([N+](=O)[O-])c2n1. The number of halogens is 1. The monoisotopic (exact) mass is 268 g/mol. The molecule has 2 rings (SSSR count). The number of aromatic hydroxyl groups is 1. The van der Waals surface area contributed by atoms with Crippen molar-refractivity contribution in [3.8, 4) is 5.75 Å². The van der Waals surface area contributed by atoms with Crippen LogP contribution in [-0.4, -0.2) is 26.1 Å². The third-order valence-electron chi connectivity index (χ3n) is 2.25. The molecule has 0 radical (unpaired) electrons. The van der Waals surface area contributed by atoms with E-state index in [1.807, 2.05) is 0 Å². The van der Waals surface area contributed by atoms with Gasteiger partial charge < -0.3 is 10.2 Å². The molecule has 18 heavy (non-hydrogen) atoms. The highest BCUT2D eigenvalue weighted by molar-refractivity contribution is 6.31. The zero-order chi connectivity index (χ0) is 13.4. The van der Waals surface area contributed by atoms with Crippen LogP contribution in [0.2, 0.25) is 5.02 Å². The third kappa shape index (κ3) is 1.91. The van der Waals surface area contributed by atoms with Crippen LogP contribution in [0, 0.1) is 10.1 Å². The number of aromatic nitrogens is 1. The second-order valence-electron chi connectivity index (χ2n) is 3.41. The first-order valence-electron chi connectivity index (χ1n) is 4.61. The van der Waals surface area contributed by atoms with E-state index >= 15 is 0 Å². The van der Waals surface area contributed by atoms with Crippen molar-refractivity contribution in [3.63, 3.8) is 0 Å². The van der Waals surface area contributed by atoms with Crippen molar-refractivity contribution in [2.75, 3.05) is 0 Å². The molecule has 7 nitrogen and oxygen atoms in total. The van der Waals surface area contributed by atoms with Crippen molar-refractivity contribution in [2.24, 2.45) is 0 Å². The summed E-state index contributed by atoms with van der Waals surface area (Å²) in [6, 6.07) is 3.23. The fraction of sp³-hybridized carbons (Fsp3) is 0. The zero-order valence-corrected chi connectivity index (χ0v) is 9.38. The van der Waals surface area contributed by atoms with Gasteiger partial charge in [-0.15, -0.1) is 0 Å². The van der Waals surface area contributed by atoms with Crippen molar-refractivity contribution >= 4 is 34.2 Å². The van der Waals surface area contributed by atoms with E-state index in [1.54, 1.807) is 0 Å². The van der Waals surface area contributed by atoms with Crippen LogP contribution in [0.5, 0.6) is 5.75 Å². The number of nitrogens with zero attached hydrogens (tertiary/aromatic N) is 2. The minimum absolute atomic E-state index is 0.0270. The lowest BCUT2D eigenvalue weighted by Crippen LogP contribution is -2.01. The molecule has 2 N–H and O–H groups in total. The van der Waals surface area contributed by atoms with Crippen LogP contribution in [0.1, 0.15) is 10.5 Å². The number of non-ortho nitro benzene ring substituents is 1. The number of rotatable bonds is 2. The van der Waals surface area contributed by atoms with Gasteiger partial charge in [0.2, 0.25) is 0 Å². The van der Waals surface area contributed by atoms with Gasteiger partial charge in [0.1, 0.15) is 5.75 Å². The Morgan fingerprint density at radius 3 is 2.61 bits per heavy atom. The topological polar surface area (TPSA) is 114 Å². The van der Waals surface area contributed by atoms with E-state index in [9.17, 15) is 20.0 Å². The molecule has 0 aliphatic rings. The average molecular weight is 269 g/mol. The van der Waals surface area contributed by atoms with Gasteiger partial charge in [0, 0.05) is 17.2 Å². The summed E-state index contributed by atoms with van der Waals surface area (Å²) in [6.45, 7) is 0. The van der Waals surface area contributed by atoms with Crippen LogP contribution in [0.4, 0.5) is 5.69 Å². The summed E-state index contributed by atoms with van der Waals surface area (Å²) in [7, 11) is 0. The maximum absolute atomic E-state index is 10.8. The zero-order valence-electron chi connectivity index (χ0n) is 8.62. The number of benzene rings is 1. The van der Waals surface area contributed by atoms with Gasteiger partial charge in [-0.3, -0.25) is 10.1 Å². The summed E-state index contributed by atoms with van der Waals surface area (Å²) in [5.74, 6) is -1.82. The molecule has 1 aromatic carbocycles. The third-order valence-corrected chi connectivity index (χ3v) is 2.47. The lowest BCUT2D eigenvalue weighted by atomic mass is 10.1. The van der Waals surface area contributed by atoms with Crippen molar-refractivity contribution < 1.29 is 19.9 Å². The first kappa shape index (κ1) is 12.1. The van der Waals surface area contributed by atoms with Crippen LogP contribution in [0.15, 0.2) is 18.2 Å². The Morgan fingerprint density at radius 1 is 1.39 bits per heavy atom. The molecule has 0 spiro atoms. The molecule has 0 aliphatic carbocycles. The second-order valence-corrected chi connectivity index (χ2v) is 3.85. The number of hydrogen-bond acceptors (Lipinski definition) is 5. The Kier molecular flexibility index (Phi) is 2.76. The van der Waals surface area contributed by atoms with E-state index in [0.29, 0.717) is 0 Å². The van der Waals surface area contributed by atoms with Gasteiger partial charge in [-0.25, -0.2) is 9.78 Å². The summed E-state index contributed by atoms with van der Waals surface area (Å²) < 4.78 is 0. The molecule has 0 amide bonds. The molecule has 0 bridgehead atoms. The van der Waals surface area contributed by atoms with Gasteiger partial charge in [-0.2, -0.15) is 0 Å². The normalized spacial score (nSPS) is 10.5. The molecular weight excluding hydrogens is 264 g/mol. The number of hydrogen-bond donors (Lipinski definition) is 2. The van der Waals surface area contributed by atoms with Gasteiger partial charge in [0.25, 0.3) is 5.69 Å². The molecule has 8 heteroatoms. The number of nitro benzene ring substituents is 1. The molecule has 0 unspecified atom stereocenters. The van der Waals surface area contributed by atoms with Gasteiger partial charge in [-0.05, 0) is 6.07 Å². The highest BCUT2D eigenvalue weighted by Gasteiger charge is 2.20. The van der Waals surface area contributed by atoms with Crippen molar-refractivity contribution in [2.45, 2.75) is 0 Å². The van der Waals surface area contributed by atoms with E-state index in [0.717, 1.165) is 12.1 Å². The van der Waals surface area contributed by atoms with E-state index in [1.165, 1.54) is 6.07 Å². The number of fused-ring (bicyclic) bond motifs is 1. The number of aromatic carboxylic acids is 1. The van der Waals surface area contributed by atoms with Gasteiger partial charge >= 0.3 is 5.97 Å². The molecule has 0 fully saturated rings. The predicted molar refractivity (Wildman–Crippen MR) is 62.0 cm³/mol. The van der Waals surface area contributed by atoms with Gasteiger partial charge in [0.05, 0.1) is 10.3 Å². The highest BCUT2D eigenvalue weighted by Crippen LogP contribution is 2.33. The summed E-state index contributed by atoms with van der Waals surface area (Å²) in [6.07, 6.45) is 0. The minimum atomic E-state index is -1.39.